The van der Waals surface area contributed by atoms with Crippen molar-refractivity contribution in [1.29, 1.82) is 5.26 Å². The molecule has 0 rings (SSSR count). The lowest BCUT2D eigenvalue weighted by Crippen LogP contribution is -2.29. The molecule has 0 saturated heterocycles. The average molecular weight is 150 g/mol. The van der Waals surface area contributed by atoms with Gasteiger partial charge in [0.05, 0.1) is 12.6 Å². The molecule has 0 spiro atoms. The van der Waals surface area contributed by atoms with Crippen molar-refractivity contribution in [3.8, 4) is 18.4 Å². The first-order chi connectivity index (χ1) is 5.26. The lowest BCUT2D eigenvalue weighted by molar-refractivity contribution is -0.123. The quantitative estimate of drug-likeness (QED) is 0.588. The first kappa shape index (κ1) is 9.52. The first-order valence-electron chi connectivity index (χ1n) is 3.37. The Morgan fingerprint density at radius 1 is 1.82 bits per heavy atom. The summed E-state index contributed by atoms with van der Waals surface area (Å²) in [6.45, 7) is 1.97. The molecule has 0 aliphatic rings. The lowest BCUT2D eigenvalue weighted by Gasteiger charge is -2.03. The third-order valence-corrected chi connectivity index (χ3v) is 1.25. The van der Waals surface area contributed by atoms with Gasteiger partial charge in [0.1, 0.15) is 5.92 Å². The molecule has 0 heterocycles. The molecule has 1 amide bonds. The second-order valence-electron chi connectivity index (χ2n) is 2.01. The smallest absolute Gasteiger partial charge is 0.238 e. The van der Waals surface area contributed by atoms with E-state index in [1.807, 2.05) is 6.07 Å². The molecule has 1 unspecified atom stereocenters. The molecule has 0 bridgehead atoms. The van der Waals surface area contributed by atoms with Crippen LogP contribution in [0.1, 0.15) is 13.3 Å². The molecule has 0 aliphatic heterocycles. The normalized spacial score (nSPS) is 10.8. The molecule has 0 aliphatic carbocycles. The van der Waals surface area contributed by atoms with E-state index in [2.05, 4.69) is 11.2 Å². The van der Waals surface area contributed by atoms with Gasteiger partial charge < -0.3 is 5.32 Å². The van der Waals surface area contributed by atoms with Gasteiger partial charge in [-0.1, -0.05) is 12.8 Å². The molecule has 0 saturated carbocycles. The van der Waals surface area contributed by atoms with Crippen LogP contribution in [-0.4, -0.2) is 12.5 Å². The number of rotatable bonds is 3. The molecule has 0 radical (unpaired) electrons. The summed E-state index contributed by atoms with van der Waals surface area (Å²) in [5.41, 5.74) is 0. The van der Waals surface area contributed by atoms with E-state index in [1.165, 1.54) is 0 Å². The van der Waals surface area contributed by atoms with Crippen LogP contribution < -0.4 is 5.32 Å². The third kappa shape index (κ3) is 3.27. The van der Waals surface area contributed by atoms with Crippen molar-refractivity contribution in [3.05, 3.63) is 0 Å². The molecular formula is C8H10N2O. The highest BCUT2D eigenvalue weighted by Gasteiger charge is 2.13. The summed E-state index contributed by atoms with van der Waals surface area (Å²) in [5.74, 6) is 1.41. The molecular weight excluding hydrogens is 140 g/mol. The van der Waals surface area contributed by atoms with Crippen molar-refractivity contribution in [3.63, 3.8) is 0 Å². The number of carbonyl (C=O) groups excluding carboxylic acids is 1. The minimum Gasteiger partial charge on any atom is -0.344 e. The van der Waals surface area contributed by atoms with Crippen LogP contribution in [0.25, 0.3) is 0 Å². The van der Waals surface area contributed by atoms with Crippen LogP contribution in [0.2, 0.25) is 0 Å². The van der Waals surface area contributed by atoms with Crippen molar-refractivity contribution in [1.82, 2.24) is 5.32 Å². The summed E-state index contributed by atoms with van der Waals surface area (Å²) in [6.07, 6.45) is 5.43. The fourth-order valence-corrected chi connectivity index (χ4v) is 0.597. The van der Waals surface area contributed by atoms with E-state index >= 15 is 0 Å². The molecule has 1 atom stereocenters. The van der Waals surface area contributed by atoms with Crippen LogP contribution in [0.5, 0.6) is 0 Å². The molecule has 0 aromatic carbocycles. The van der Waals surface area contributed by atoms with Crippen LogP contribution >= 0.6 is 0 Å². The largest absolute Gasteiger partial charge is 0.344 e. The van der Waals surface area contributed by atoms with Gasteiger partial charge >= 0.3 is 0 Å². The molecule has 1 N–H and O–H groups in total. The van der Waals surface area contributed by atoms with Crippen molar-refractivity contribution in [2.24, 2.45) is 5.92 Å². The van der Waals surface area contributed by atoms with Crippen LogP contribution in [0.4, 0.5) is 0 Å². The summed E-state index contributed by atoms with van der Waals surface area (Å²) in [5, 5.41) is 10.9. The van der Waals surface area contributed by atoms with Crippen LogP contribution in [0.3, 0.4) is 0 Å². The van der Waals surface area contributed by atoms with Crippen molar-refractivity contribution in [2.75, 3.05) is 6.54 Å². The molecule has 0 fully saturated rings. The zero-order valence-electron chi connectivity index (χ0n) is 6.42. The Morgan fingerprint density at radius 3 is 2.82 bits per heavy atom. The number of amides is 1. The van der Waals surface area contributed by atoms with E-state index < -0.39 is 5.92 Å². The standard InChI is InChI=1S/C8H10N2O/c1-3-5-10-8(11)7(4-2)6-9/h1,7H,4-5H2,2H3,(H,10,11). The Labute approximate surface area is 66.4 Å². The third-order valence-electron chi connectivity index (χ3n) is 1.25. The molecule has 11 heavy (non-hydrogen) atoms. The number of hydrogen-bond donors (Lipinski definition) is 1. The zero-order chi connectivity index (χ0) is 8.69. The van der Waals surface area contributed by atoms with E-state index in [0.717, 1.165) is 0 Å². The molecule has 58 valence electrons. The number of carbonyl (C=O) groups is 1. The predicted molar refractivity (Wildman–Crippen MR) is 41.2 cm³/mol. The number of nitrogens with one attached hydrogen (secondary N) is 1. The Kier molecular flexibility index (Phi) is 4.60. The second-order valence-corrected chi connectivity index (χ2v) is 2.01. The SMILES string of the molecule is C#CCNC(=O)C(C#N)CC. The maximum atomic E-state index is 10.9. The Hall–Kier alpha value is -1.48. The summed E-state index contributed by atoms with van der Waals surface area (Å²) in [4.78, 5) is 10.9. The Morgan fingerprint density at radius 2 is 2.45 bits per heavy atom. The van der Waals surface area contributed by atoms with E-state index in [-0.39, 0.29) is 12.5 Å². The van der Waals surface area contributed by atoms with E-state index in [4.69, 9.17) is 11.7 Å². The van der Waals surface area contributed by atoms with Gasteiger partial charge in [-0.25, -0.2) is 0 Å². The number of nitrogens with zero attached hydrogens (tertiary/aromatic N) is 1. The molecule has 3 nitrogen and oxygen atoms in total. The van der Waals surface area contributed by atoms with Gasteiger partial charge in [0.2, 0.25) is 5.91 Å². The predicted octanol–water partition coefficient (Wildman–Crippen LogP) is 0.286. The fraction of sp³-hybridized carbons (Fsp3) is 0.500. The minimum absolute atomic E-state index is 0.191. The van der Waals surface area contributed by atoms with Gasteiger partial charge in [-0.05, 0) is 6.42 Å². The monoisotopic (exact) mass is 150 g/mol. The van der Waals surface area contributed by atoms with Gasteiger partial charge in [-0.2, -0.15) is 5.26 Å². The summed E-state index contributed by atoms with van der Waals surface area (Å²) >= 11 is 0. The number of nitriles is 1. The average Bonchev–Trinajstić information content (AvgIpc) is 2.03. The summed E-state index contributed by atoms with van der Waals surface area (Å²) < 4.78 is 0. The Bertz CT molecular complexity index is 209. The van der Waals surface area contributed by atoms with E-state index in [0.29, 0.717) is 6.42 Å². The van der Waals surface area contributed by atoms with Gasteiger partial charge in [0.25, 0.3) is 0 Å². The fourth-order valence-electron chi connectivity index (χ4n) is 0.597. The maximum Gasteiger partial charge on any atom is 0.238 e. The van der Waals surface area contributed by atoms with Crippen LogP contribution in [-0.2, 0) is 4.79 Å². The summed E-state index contributed by atoms with van der Waals surface area (Å²) in [7, 11) is 0. The lowest BCUT2D eigenvalue weighted by atomic mass is 10.1. The summed E-state index contributed by atoms with van der Waals surface area (Å²) in [6, 6.07) is 1.88. The molecule has 0 aromatic heterocycles. The molecule has 0 aromatic rings. The van der Waals surface area contributed by atoms with E-state index in [9.17, 15) is 4.79 Å². The Balaban J connectivity index is 3.84. The van der Waals surface area contributed by atoms with Crippen LogP contribution in [0, 0.1) is 29.6 Å². The van der Waals surface area contributed by atoms with Gasteiger partial charge in [-0.15, -0.1) is 6.42 Å². The highest BCUT2D eigenvalue weighted by molar-refractivity contribution is 5.81. The van der Waals surface area contributed by atoms with Gasteiger partial charge in [0.15, 0.2) is 0 Å². The first-order valence-corrected chi connectivity index (χ1v) is 3.37. The van der Waals surface area contributed by atoms with Crippen molar-refractivity contribution >= 4 is 5.91 Å². The van der Waals surface area contributed by atoms with Crippen LogP contribution in [0.15, 0.2) is 0 Å². The number of terminal acetylenes is 1. The second kappa shape index (κ2) is 5.32. The number of hydrogen-bond acceptors (Lipinski definition) is 2. The topological polar surface area (TPSA) is 52.9 Å². The van der Waals surface area contributed by atoms with Crippen molar-refractivity contribution in [2.45, 2.75) is 13.3 Å². The highest BCUT2D eigenvalue weighted by Crippen LogP contribution is 1.98. The van der Waals surface area contributed by atoms with Crippen molar-refractivity contribution < 1.29 is 4.79 Å². The van der Waals surface area contributed by atoms with E-state index in [1.54, 1.807) is 6.92 Å². The highest BCUT2D eigenvalue weighted by atomic mass is 16.1. The van der Waals surface area contributed by atoms with Gasteiger partial charge in [-0.3, -0.25) is 4.79 Å². The maximum absolute atomic E-state index is 10.9. The zero-order valence-corrected chi connectivity index (χ0v) is 6.42. The minimum atomic E-state index is -0.566. The molecule has 3 heteroatoms. The van der Waals surface area contributed by atoms with Gasteiger partial charge in [0, 0.05) is 0 Å².